The minimum atomic E-state index is 0.0917. The zero-order chi connectivity index (χ0) is 13.7. The molecule has 0 amide bonds. The Bertz CT molecular complexity index is 501. The van der Waals surface area contributed by atoms with E-state index in [1.807, 2.05) is 35.0 Å². The first kappa shape index (κ1) is 13.7. The summed E-state index contributed by atoms with van der Waals surface area (Å²) in [6.45, 7) is 6.14. The van der Waals surface area contributed by atoms with Crippen molar-refractivity contribution in [3.05, 3.63) is 30.1 Å². The molecule has 0 bridgehead atoms. The lowest BCUT2D eigenvalue weighted by atomic mass is 10.1. The summed E-state index contributed by atoms with van der Waals surface area (Å²) >= 11 is 0. The predicted octanol–water partition coefficient (Wildman–Crippen LogP) is 1.51. The van der Waals surface area contributed by atoms with Gasteiger partial charge < -0.3 is 9.88 Å². The molecule has 6 heteroatoms. The Morgan fingerprint density at radius 2 is 2.05 bits per heavy atom. The normalized spacial score (nSPS) is 12.8. The van der Waals surface area contributed by atoms with E-state index < -0.39 is 0 Å². The minimum Gasteiger partial charge on any atom is -0.336 e. The molecule has 0 radical (unpaired) electrons. The summed E-state index contributed by atoms with van der Waals surface area (Å²) in [4.78, 5) is 4.21. The van der Waals surface area contributed by atoms with E-state index in [2.05, 4.69) is 34.5 Å². The Balaban J connectivity index is 2.31. The van der Waals surface area contributed by atoms with Gasteiger partial charge in [-0.1, -0.05) is 19.1 Å². The fraction of sp³-hybridized carbons (Fsp3) is 0.615. The van der Waals surface area contributed by atoms with Crippen LogP contribution < -0.4 is 5.32 Å². The van der Waals surface area contributed by atoms with Crippen LogP contribution in [0.2, 0.25) is 0 Å². The van der Waals surface area contributed by atoms with Crippen molar-refractivity contribution in [2.45, 2.75) is 39.3 Å². The molecule has 0 aromatic carbocycles. The Kier molecular flexibility index (Phi) is 4.68. The Morgan fingerprint density at radius 1 is 1.21 bits per heavy atom. The summed E-state index contributed by atoms with van der Waals surface area (Å²) < 4.78 is 4.01. The maximum atomic E-state index is 4.21. The molecule has 0 saturated carbocycles. The largest absolute Gasteiger partial charge is 0.336 e. The molecule has 0 fully saturated rings. The summed E-state index contributed by atoms with van der Waals surface area (Å²) in [5, 5.41) is 11.8. The van der Waals surface area contributed by atoms with Crippen LogP contribution in [0, 0.1) is 0 Å². The number of nitrogens with one attached hydrogen (secondary N) is 1. The van der Waals surface area contributed by atoms with E-state index >= 15 is 0 Å². The maximum absolute atomic E-state index is 4.21. The van der Waals surface area contributed by atoms with E-state index in [0.29, 0.717) is 0 Å². The number of imidazole rings is 1. The van der Waals surface area contributed by atoms with Crippen molar-refractivity contribution in [2.75, 3.05) is 6.54 Å². The third-order valence-corrected chi connectivity index (χ3v) is 3.13. The van der Waals surface area contributed by atoms with Crippen molar-refractivity contribution in [1.82, 2.24) is 29.9 Å². The number of nitrogens with zero attached hydrogens (tertiary/aromatic N) is 5. The zero-order valence-electron chi connectivity index (χ0n) is 11.9. The van der Waals surface area contributed by atoms with Crippen molar-refractivity contribution >= 4 is 0 Å². The number of rotatable bonds is 7. The Labute approximate surface area is 113 Å². The van der Waals surface area contributed by atoms with Crippen molar-refractivity contribution < 1.29 is 0 Å². The smallest absolute Gasteiger partial charge is 0.0946 e. The first-order valence-corrected chi connectivity index (χ1v) is 6.85. The van der Waals surface area contributed by atoms with Gasteiger partial charge in [0.15, 0.2) is 0 Å². The third kappa shape index (κ3) is 3.01. The van der Waals surface area contributed by atoms with E-state index in [1.165, 1.54) is 0 Å². The SMILES string of the molecule is CCCNC(c1cncn1C)c1cnnn1CCC. The van der Waals surface area contributed by atoms with Gasteiger partial charge in [-0.2, -0.15) is 0 Å². The lowest BCUT2D eigenvalue weighted by Gasteiger charge is -2.19. The van der Waals surface area contributed by atoms with Crippen molar-refractivity contribution in [2.24, 2.45) is 7.05 Å². The van der Waals surface area contributed by atoms with Crippen LogP contribution in [0.15, 0.2) is 18.7 Å². The molecule has 2 aromatic rings. The van der Waals surface area contributed by atoms with E-state index in [9.17, 15) is 0 Å². The molecule has 2 heterocycles. The van der Waals surface area contributed by atoms with Gasteiger partial charge in [-0.15, -0.1) is 5.10 Å². The second-order valence-electron chi connectivity index (χ2n) is 4.70. The van der Waals surface area contributed by atoms with E-state index in [-0.39, 0.29) is 6.04 Å². The summed E-state index contributed by atoms with van der Waals surface area (Å²) in [5.74, 6) is 0. The molecule has 104 valence electrons. The van der Waals surface area contributed by atoms with Gasteiger partial charge >= 0.3 is 0 Å². The average Bonchev–Trinajstić information content (AvgIpc) is 3.01. The highest BCUT2D eigenvalue weighted by Gasteiger charge is 2.20. The first-order chi connectivity index (χ1) is 9.27. The fourth-order valence-electron chi connectivity index (χ4n) is 2.17. The minimum absolute atomic E-state index is 0.0917. The van der Waals surface area contributed by atoms with Crippen molar-refractivity contribution in [3.63, 3.8) is 0 Å². The number of hydrogen-bond donors (Lipinski definition) is 1. The quantitative estimate of drug-likeness (QED) is 0.821. The van der Waals surface area contributed by atoms with Gasteiger partial charge in [-0.3, -0.25) is 0 Å². The number of aryl methyl sites for hydroxylation is 2. The molecular weight excluding hydrogens is 240 g/mol. The van der Waals surface area contributed by atoms with Gasteiger partial charge in [0, 0.05) is 13.6 Å². The second-order valence-corrected chi connectivity index (χ2v) is 4.70. The lowest BCUT2D eigenvalue weighted by molar-refractivity contribution is 0.492. The summed E-state index contributed by atoms with van der Waals surface area (Å²) in [5.41, 5.74) is 2.23. The highest BCUT2D eigenvalue weighted by Crippen LogP contribution is 2.20. The predicted molar refractivity (Wildman–Crippen MR) is 73.7 cm³/mol. The molecule has 19 heavy (non-hydrogen) atoms. The van der Waals surface area contributed by atoms with Gasteiger partial charge in [0.2, 0.25) is 0 Å². The van der Waals surface area contributed by atoms with E-state index in [0.717, 1.165) is 37.3 Å². The van der Waals surface area contributed by atoms with Crippen LogP contribution in [0.25, 0.3) is 0 Å². The summed E-state index contributed by atoms with van der Waals surface area (Å²) in [6.07, 6.45) is 7.70. The summed E-state index contributed by atoms with van der Waals surface area (Å²) in [6, 6.07) is 0.0917. The Morgan fingerprint density at radius 3 is 2.68 bits per heavy atom. The fourth-order valence-corrected chi connectivity index (χ4v) is 2.17. The van der Waals surface area contributed by atoms with Crippen LogP contribution in [0.1, 0.15) is 44.1 Å². The molecule has 1 atom stereocenters. The number of hydrogen-bond acceptors (Lipinski definition) is 4. The van der Waals surface area contributed by atoms with Gasteiger partial charge in [0.25, 0.3) is 0 Å². The van der Waals surface area contributed by atoms with Crippen molar-refractivity contribution in [1.29, 1.82) is 0 Å². The van der Waals surface area contributed by atoms with Crippen LogP contribution in [-0.4, -0.2) is 31.1 Å². The zero-order valence-corrected chi connectivity index (χ0v) is 11.9. The van der Waals surface area contributed by atoms with E-state index in [4.69, 9.17) is 0 Å². The van der Waals surface area contributed by atoms with Crippen LogP contribution in [0.3, 0.4) is 0 Å². The third-order valence-electron chi connectivity index (χ3n) is 3.13. The molecule has 0 aliphatic rings. The van der Waals surface area contributed by atoms with Crippen LogP contribution in [0.5, 0.6) is 0 Å². The van der Waals surface area contributed by atoms with Gasteiger partial charge in [0.1, 0.15) is 0 Å². The molecule has 1 N–H and O–H groups in total. The topological polar surface area (TPSA) is 60.6 Å². The van der Waals surface area contributed by atoms with Crippen LogP contribution >= 0.6 is 0 Å². The molecule has 0 aliphatic heterocycles. The van der Waals surface area contributed by atoms with Crippen LogP contribution in [0.4, 0.5) is 0 Å². The maximum Gasteiger partial charge on any atom is 0.0946 e. The molecule has 2 aromatic heterocycles. The van der Waals surface area contributed by atoms with Gasteiger partial charge in [0.05, 0.1) is 36.2 Å². The standard InChI is InChI=1S/C13H22N6/c1-4-6-15-13(11-8-14-10-18(11)3)12-9-16-17-19(12)7-5-2/h8-10,13,15H,4-7H2,1-3H3. The van der Waals surface area contributed by atoms with Gasteiger partial charge in [-0.25, -0.2) is 9.67 Å². The number of aromatic nitrogens is 5. The molecule has 0 aliphatic carbocycles. The van der Waals surface area contributed by atoms with E-state index in [1.54, 1.807) is 0 Å². The second kappa shape index (κ2) is 6.47. The lowest BCUT2D eigenvalue weighted by Crippen LogP contribution is -2.27. The summed E-state index contributed by atoms with van der Waals surface area (Å²) in [7, 11) is 2.01. The molecular formula is C13H22N6. The van der Waals surface area contributed by atoms with Crippen LogP contribution in [-0.2, 0) is 13.6 Å². The molecule has 1 unspecified atom stereocenters. The first-order valence-electron chi connectivity index (χ1n) is 6.85. The van der Waals surface area contributed by atoms with Crippen molar-refractivity contribution in [3.8, 4) is 0 Å². The highest BCUT2D eigenvalue weighted by atomic mass is 15.4. The monoisotopic (exact) mass is 262 g/mol. The molecule has 2 rings (SSSR count). The molecule has 0 spiro atoms. The van der Waals surface area contributed by atoms with Gasteiger partial charge in [-0.05, 0) is 19.4 Å². The molecule has 6 nitrogen and oxygen atoms in total. The Hall–Kier alpha value is -1.69. The molecule has 0 saturated heterocycles. The highest BCUT2D eigenvalue weighted by molar-refractivity contribution is 5.18. The average molecular weight is 262 g/mol.